The fourth-order valence-electron chi connectivity index (χ4n) is 7.82. The number of anilines is 2. The number of hydrazine groups is 1. The zero-order valence-electron chi connectivity index (χ0n) is 26.8. The van der Waals surface area contributed by atoms with Crippen molar-refractivity contribution in [3.63, 3.8) is 0 Å². The molecule has 2 amide bonds. The topological polar surface area (TPSA) is 165 Å². The average Bonchev–Trinajstić information content (AvgIpc) is 3.88. The first-order chi connectivity index (χ1) is 23.6. The summed E-state index contributed by atoms with van der Waals surface area (Å²) in [6.07, 6.45) is 5.48. The lowest BCUT2D eigenvalue weighted by atomic mass is 9.95. The standard InChI is InChI=1S/C33H35ClF2N10O2S/c1-2-45(32(47)46(40)17-38)18-7-12-43(15-18)30-20-13-22(34)25(19-5-6-23(35)28-24(19)21(14-37)29(39)49-28)26(36)27(20)41-31(42-30)48-16-33-8-3-10-44(33)11-4-9-33/h5-6,13,17-18,38H,2-4,7-12,15-16,39-40H2,1H3. The third kappa shape index (κ3) is 5.47. The van der Waals surface area contributed by atoms with Gasteiger partial charge in [0.2, 0.25) is 0 Å². The molecule has 2 aromatic carbocycles. The van der Waals surface area contributed by atoms with E-state index >= 15 is 4.39 Å². The Bertz CT molecular complexity index is 2030. The predicted octanol–water partition coefficient (Wildman–Crippen LogP) is 5.71. The Hall–Kier alpha value is -4.36. The molecule has 3 saturated heterocycles. The van der Waals surface area contributed by atoms with E-state index in [0.717, 1.165) is 61.5 Å². The molecule has 49 heavy (non-hydrogen) atoms. The predicted molar refractivity (Wildman–Crippen MR) is 186 cm³/mol. The number of nitriles is 1. The molecule has 5 N–H and O–H groups in total. The van der Waals surface area contributed by atoms with Gasteiger partial charge < -0.3 is 20.3 Å². The van der Waals surface area contributed by atoms with E-state index in [1.54, 1.807) is 11.0 Å². The fraction of sp³-hybridized carbons (Fsp3) is 0.424. The van der Waals surface area contributed by atoms with Gasteiger partial charge in [0.05, 0.1) is 26.9 Å². The number of carbonyl (C=O) groups excluding carboxylic acids is 1. The van der Waals surface area contributed by atoms with Crippen LogP contribution < -0.4 is 21.2 Å². The number of halogens is 3. The third-order valence-electron chi connectivity index (χ3n) is 10.2. The Labute approximate surface area is 290 Å². The first-order valence-corrected chi connectivity index (χ1v) is 17.4. The van der Waals surface area contributed by atoms with E-state index in [2.05, 4.69) is 9.88 Å². The summed E-state index contributed by atoms with van der Waals surface area (Å²) in [6.45, 7) is 5.40. The van der Waals surface area contributed by atoms with E-state index in [1.165, 1.54) is 12.1 Å². The molecule has 0 saturated carbocycles. The second kappa shape index (κ2) is 12.8. The van der Waals surface area contributed by atoms with E-state index in [1.807, 2.05) is 17.9 Å². The zero-order valence-corrected chi connectivity index (χ0v) is 28.4. The number of likely N-dealkylation sites (N-methyl/N-ethyl adjacent to an activating group) is 1. The number of hydrogen-bond donors (Lipinski definition) is 3. The maximum absolute atomic E-state index is 17.0. The number of fused-ring (bicyclic) bond motifs is 3. The molecule has 256 valence electrons. The molecule has 0 radical (unpaired) electrons. The monoisotopic (exact) mass is 708 g/mol. The van der Waals surface area contributed by atoms with Gasteiger partial charge in [-0.25, -0.2) is 24.4 Å². The summed E-state index contributed by atoms with van der Waals surface area (Å²) in [7, 11) is 0. The van der Waals surface area contributed by atoms with E-state index in [0.29, 0.717) is 43.9 Å². The molecule has 12 nitrogen and oxygen atoms in total. The van der Waals surface area contributed by atoms with Crippen molar-refractivity contribution < 1.29 is 18.3 Å². The second-order valence-electron chi connectivity index (χ2n) is 12.7. The fourth-order valence-corrected chi connectivity index (χ4v) is 9.07. The molecule has 3 aliphatic heterocycles. The van der Waals surface area contributed by atoms with Gasteiger partial charge in [0.15, 0.2) is 5.82 Å². The maximum atomic E-state index is 17.0. The molecule has 16 heteroatoms. The number of carbonyl (C=O) groups is 1. The van der Waals surface area contributed by atoms with Crippen molar-refractivity contribution in [1.82, 2.24) is 24.8 Å². The summed E-state index contributed by atoms with van der Waals surface area (Å²) in [5.41, 5.74) is 6.14. The Morgan fingerprint density at radius 2 is 2.04 bits per heavy atom. The van der Waals surface area contributed by atoms with Crippen LogP contribution in [0.4, 0.5) is 24.4 Å². The lowest BCUT2D eigenvalue weighted by Crippen LogP contribution is -2.51. The van der Waals surface area contributed by atoms with Crippen LogP contribution in [0.3, 0.4) is 0 Å². The van der Waals surface area contributed by atoms with Gasteiger partial charge in [-0.05, 0) is 69.8 Å². The first-order valence-electron chi connectivity index (χ1n) is 16.2. The van der Waals surface area contributed by atoms with Crippen molar-refractivity contribution in [2.45, 2.75) is 50.6 Å². The summed E-state index contributed by atoms with van der Waals surface area (Å²) >= 11 is 7.77. The van der Waals surface area contributed by atoms with Crippen molar-refractivity contribution in [1.29, 1.82) is 10.7 Å². The molecule has 1 unspecified atom stereocenters. The number of amides is 2. The zero-order chi connectivity index (χ0) is 34.6. The number of nitrogens with one attached hydrogen (secondary N) is 1. The number of thiophene rings is 1. The van der Waals surface area contributed by atoms with Gasteiger partial charge in [0.1, 0.15) is 41.2 Å². The Kier molecular flexibility index (Phi) is 8.68. The lowest BCUT2D eigenvalue weighted by molar-refractivity contribution is 0.108. The number of nitrogen functional groups attached to an aromatic ring is 1. The number of benzene rings is 2. The molecule has 4 aromatic rings. The number of aromatic nitrogens is 2. The highest BCUT2D eigenvalue weighted by Crippen LogP contribution is 2.46. The summed E-state index contributed by atoms with van der Waals surface area (Å²) in [5.74, 6) is 4.76. The van der Waals surface area contributed by atoms with Crippen LogP contribution in [0, 0.1) is 28.4 Å². The summed E-state index contributed by atoms with van der Waals surface area (Å²) < 4.78 is 38.4. The Balaban J connectivity index is 1.35. The molecule has 3 aliphatic rings. The van der Waals surface area contributed by atoms with E-state index in [9.17, 15) is 14.4 Å². The highest BCUT2D eigenvalue weighted by molar-refractivity contribution is 7.23. The minimum absolute atomic E-state index is 0.00774. The van der Waals surface area contributed by atoms with Crippen molar-refractivity contribution in [2.24, 2.45) is 5.84 Å². The Morgan fingerprint density at radius 3 is 2.73 bits per heavy atom. The van der Waals surface area contributed by atoms with E-state index in [4.69, 9.17) is 38.3 Å². The minimum atomic E-state index is -0.773. The lowest BCUT2D eigenvalue weighted by Gasteiger charge is -2.31. The maximum Gasteiger partial charge on any atom is 0.340 e. The van der Waals surface area contributed by atoms with Crippen molar-refractivity contribution in [2.75, 3.05) is 50.0 Å². The van der Waals surface area contributed by atoms with Crippen LogP contribution in [0.5, 0.6) is 6.01 Å². The smallest absolute Gasteiger partial charge is 0.340 e. The van der Waals surface area contributed by atoms with Crippen LogP contribution in [0.1, 0.15) is 44.6 Å². The number of rotatable bonds is 8. The molecular formula is C33H35ClF2N10O2S. The summed E-state index contributed by atoms with van der Waals surface area (Å²) in [4.78, 5) is 28.3. The van der Waals surface area contributed by atoms with Gasteiger partial charge in [0, 0.05) is 36.0 Å². The number of urea groups is 1. The van der Waals surface area contributed by atoms with Gasteiger partial charge in [0.25, 0.3) is 0 Å². The molecular weight excluding hydrogens is 674 g/mol. The number of nitrogens with zero attached hydrogens (tertiary/aromatic N) is 7. The molecule has 5 heterocycles. The van der Waals surface area contributed by atoms with E-state index < -0.39 is 17.7 Å². The van der Waals surface area contributed by atoms with Crippen LogP contribution in [-0.4, -0.2) is 88.1 Å². The van der Waals surface area contributed by atoms with Crippen LogP contribution >= 0.6 is 22.9 Å². The molecule has 7 rings (SSSR count). The average molecular weight is 709 g/mol. The SMILES string of the molecule is CCN(C(=O)N(N)C=N)C1CCN(c2nc(OCC34CCCN3CCC4)nc3c(F)c(-c4ccc(F)c5sc(N)c(C#N)c45)c(Cl)cc23)C1. The van der Waals surface area contributed by atoms with Gasteiger partial charge in [-0.2, -0.15) is 15.2 Å². The van der Waals surface area contributed by atoms with Crippen molar-refractivity contribution in [3.8, 4) is 23.2 Å². The highest BCUT2D eigenvalue weighted by atomic mass is 35.5. The number of nitrogens with two attached hydrogens (primary N) is 2. The highest BCUT2D eigenvalue weighted by Gasteiger charge is 2.45. The molecule has 2 aromatic heterocycles. The second-order valence-corrected chi connectivity index (χ2v) is 14.2. The summed E-state index contributed by atoms with van der Waals surface area (Å²) in [5, 5.41) is 18.7. The number of hydrogen-bond acceptors (Lipinski definition) is 11. The third-order valence-corrected chi connectivity index (χ3v) is 11.5. The van der Waals surface area contributed by atoms with E-state index in [-0.39, 0.29) is 59.9 Å². The Morgan fingerprint density at radius 1 is 1.29 bits per heavy atom. The molecule has 1 atom stereocenters. The van der Waals surface area contributed by atoms with Gasteiger partial charge in [-0.3, -0.25) is 10.3 Å². The molecule has 0 bridgehead atoms. The first kappa shape index (κ1) is 33.2. The van der Waals surface area contributed by atoms with Crippen molar-refractivity contribution >= 4 is 67.1 Å². The quantitative estimate of drug-likeness (QED) is 0.0684. The van der Waals surface area contributed by atoms with Gasteiger partial charge in [-0.15, -0.1) is 11.3 Å². The van der Waals surface area contributed by atoms with Crippen molar-refractivity contribution in [3.05, 3.63) is 40.4 Å². The van der Waals surface area contributed by atoms with Gasteiger partial charge >= 0.3 is 12.0 Å². The van der Waals surface area contributed by atoms with Gasteiger partial charge in [-0.1, -0.05) is 17.7 Å². The minimum Gasteiger partial charge on any atom is -0.461 e. The van der Waals surface area contributed by atoms with Crippen LogP contribution in [0.2, 0.25) is 5.02 Å². The molecule has 0 spiro atoms. The van der Waals surface area contributed by atoms with Crippen LogP contribution in [-0.2, 0) is 0 Å². The normalized spacial score (nSPS) is 18.6. The molecule has 0 aliphatic carbocycles. The molecule has 3 fully saturated rings. The number of ether oxygens (including phenoxy) is 1. The van der Waals surface area contributed by atoms with Crippen LogP contribution in [0.25, 0.3) is 32.1 Å². The largest absolute Gasteiger partial charge is 0.461 e. The summed E-state index contributed by atoms with van der Waals surface area (Å²) in [6, 6.07) is 5.44. The van der Waals surface area contributed by atoms with Crippen LogP contribution in [0.15, 0.2) is 18.2 Å².